The van der Waals surface area contributed by atoms with Gasteiger partial charge in [-0.25, -0.2) is 4.79 Å². The van der Waals surface area contributed by atoms with Gasteiger partial charge >= 0.3 is 5.97 Å². The van der Waals surface area contributed by atoms with E-state index in [4.69, 9.17) is 9.47 Å². The molecule has 0 aromatic heterocycles. The second-order valence-electron chi connectivity index (χ2n) is 7.37. The minimum Gasteiger partial charge on any atom is -0.478 e. The van der Waals surface area contributed by atoms with Gasteiger partial charge in [0.05, 0.1) is 7.11 Å². The number of carbonyl (C=O) groups is 1. The van der Waals surface area contributed by atoms with Gasteiger partial charge in [0, 0.05) is 23.9 Å². The molecule has 1 unspecified atom stereocenters. The number of hydrogen-bond acceptors (Lipinski definition) is 4. The Morgan fingerprint density at radius 2 is 1.81 bits per heavy atom. The molecule has 26 heavy (non-hydrogen) atoms. The summed E-state index contributed by atoms with van der Waals surface area (Å²) < 4.78 is 10.9. The predicted molar refractivity (Wildman–Crippen MR) is 100 cm³/mol. The molecule has 2 aliphatic rings. The highest BCUT2D eigenvalue weighted by Crippen LogP contribution is 2.47. The van der Waals surface area contributed by atoms with Crippen LogP contribution in [0.5, 0.6) is 5.75 Å². The van der Waals surface area contributed by atoms with E-state index in [0.29, 0.717) is 6.42 Å². The van der Waals surface area contributed by atoms with E-state index in [-0.39, 0.29) is 11.4 Å². The van der Waals surface area contributed by atoms with E-state index >= 15 is 0 Å². The number of fused-ring (bicyclic) bond motifs is 2. The number of esters is 1. The normalized spacial score (nSPS) is 21.7. The Morgan fingerprint density at radius 3 is 2.54 bits per heavy atom. The van der Waals surface area contributed by atoms with Gasteiger partial charge in [-0.2, -0.15) is 0 Å². The summed E-state index contributed by atoms with van der Waals surface area (Å²) in [4.78, 5) is 14.7. The van der Waals surface area contributed by atoms with Gasteiger partial charge < -0.3 is 9.47 Å². The molecule has 0 N–H and O–H groups in total. The first-order chi connectivity index (χ1) is 12.7. The van der Waals surface area contributed by atoms with Gasteiger partial charge in [0.1, 0.15) is 5.75 Å². The van der Waals surface area contributed by atoms with Crippen LogP contribution >= 0.6 is 0 Å². The average Bonchev–Trinajstić information content (AvgIpc) is 2.70. The first kappa shape index (κ1) is 17.1. The molecule has 2 aliphatic heterocycles. The molecule has 0 amide bonds. The summed E-state index contributed by atoms with van der Waals surface area (Å²) >= 11 is 0. The maximum atomic E-state index is 12.2. The number of hydrogen-bond donors (Lipinski definition) is 0. The van der Waals surface area contributed by atoms with Crippen molar-refractivity contribution < 1.29 is 14.3 Å². The third kappa shape index (κ3) is 3.21. The van der Waals surface area contributed by atoms with E-state index in [2.05, 4.69) is 47.4 Å². The Kier molecular flexibility index (Phi) is 4.68. The van der Waals surface area contributed by atoms with Crippen molar-refractivity contribution in [2.45, 2.75) is 37.3 Å². The molecule has 0 saturated carbocycles. The monoisotopic (exact) mass is 351 g/mol. The number of likely N-dealkylation sites (tertiary alicyclic amines) is 1. The molecule has 2 aromatic carbocycles. The molecule has 4 heteroatoms. The number of methoxy groups -OCH3 is 1. The summed E-state index contributed by atoms with van der Waals surface area (Å²) in [5.74, 6) is 0.566. The highest BCUT2D eigenvalue weighted by molar-refractivity contribution is 5.76. The second-order valence-corrected chi connectivity index (χ2v) is 7.37. The number of carbonyl (C=O) groups excluding carboxylic acids is 1. The Balaban J connectivity index is 1.53. The van der Waals surface area contributed by atoms with Crippen LogP contribution in [0.15, 0.2) is 54.6 Å². The van der Waals surface area contributed by atoms with Gasteiger partial charge in [0.15, 0.2) is 6.10 Å². The SMILES string of the molecule is COC(=O)C1CC2(CCN(Cc3ccccc3)CC2)c2ccccc2O1. The molecule has 136 valence electrons. The van der Waals surface area contributed by atoms with Crippen molar-refractivity contribution >= 4 is 5.97 Å². The molecule has 1 fully saturated rings. The zero-order chi connectivity index (χ0) is 18.0. The van der Waals surface area contributed by atoms with Gasteiger partial charge in [-0.05, 0) is 37.6 Å². The zero-order valence-electron chi connectivity index (χ0n) is 15.2. The fourth-order valence-electron chi connectivity index (χ4n) is 4.38. The van der Waals surface area contributed by atoms with Crippen LogP contribution in [0.4, 0.5) is 0 Å². The predicted octanol–water partition coefficient (Wildman–Crippen LogP) is 3.54. The molecular formula is C22H25NO3. The minimum atomic E-state index is -0.504. The average molecular weight is 351 g/mol. The number of para-hydroxylation sites is 1. The van der Waals surface area contributed by atoms with E-state index in [1.54, 1.807) is 0 Å². The molecule has 4 rings (SSSR count). The summed E-state index contributed by atoms with van der Waals surface area (Å²) in [7, 11) is 1.43. The Morgan fingerprint density at radius 1 is 1.12 bits per heavy atom. The van der Waals surface area contributed by atoms with Crippen molar-refractivity contribution in [3.8, 4) is 5.75 Å². The van der Waals surface area contributed by atoms with Crippen LogP contribution in [0.25, 0.3) is 0 Å². The van der Waals surface area contributed by atoms with Gasteiger partial charge in [-0.15, -0.1) is 0 Å². The van der Waals surface area contributed by atoms with Crippen molar-refractivity contribution in [1.29, 1.82) is 0 Å². The molecule has 0 aliphatic carbocycles. The summed E-state index contributed by atoms with van der Waals surface area (Å²) in [6.45, 7) is 3.03. The Labute approximate surface area is 154 Å². The van der Waals surface area contributed by atoms with Crippen molar-refractivity contribution in [3.05, 3.63) is 65.7 Å². The van der Waals surface area contributed by atoms with Gasteiger partial charge in [0.25, 0.3) is 0 Å². The van der Waals surface area contributed by atoms with Crippen LogP contribution in [0, 0.1) is 0 Å². The lowest BCUT2D eigenvalue weighted by Crippen LogP contribution is -2.49. The summed E-state index contributed by atoms with van der Waals surface area (Å²) in [6, 6.07) is 18.8. The molecule has 1 saturated heterocycles. The quantitative estimate of drug-likeness (QED) is 0.793. The van der Waals surface area contributed by atoms with Crippen LogP contribution in [0.1, 0.15) is 30.4 Å². The molecule has 1 atom stereocenters. The summed E-state index contributed by atoms with van der Waals surface area (Å²) in [5, 5.41) is 0. The fourth-order valence-corrected chi connectivity index (χ4v) is 4.38. The molecule has 4 nitrogen and oxygen atoms in total. The molecule has 0 bridgehead atoms. The largest absolute Gasteiger partial charge is 0.478 e. The third-order valence-corrected chi connectivity index (χ3v) is 5.83. The van der Waals surface area contributed by atoms with Crippen LogP contribution < -0.4 is 4.74 Å². The van der Waals surface area contributed by atoms with Gasteiger partial charge in [-0.1, -0.05) is 48.5 Å². The summed E-state index contributed by atoms with van der Waals surface area (Å²) in [6.07, 6.45) is 2.27. The lowest BCUT2D eigenvalue weighted by molar-refractivity contribution is -0.151. The maximum Gasteiger partial charge on any atom is 0.347 e. The highest BCUT2D eigenvalue weighted by atomic mass is 16.6. The van der Waals surface area contributed by atoms with Gasteiger partial charge in [-0.3, -0.25) is 4.90 Å². The molecule has 0 radical (unpaired) electrons. The Hall–Kier alpha value is -2.33. The van der Waals surface area contributed by atoms with Crippen molar-refractivity contribution in [1.82, 2.24) is 4.90 Å². The van der Waals surface area contributed by atoms with E-state index in [9.17, 15) is 4.79 Å². The lowest BCUT2D eigenvalue weighted by Gasteiger charge is -2.46. The molecule has 2 heterocycles. The van der Waals surface area contributed by atoms with Crippen LogP contribution in [0.3, 0.4) is 0 Å². The molecule has 1 spiro atoms. The number of ether oxygens (including phenoxy) is 2. The van der Waals surface area contributed by atoms with E-state index in [1.807, 2.05) is 12.1 Å². The molecular weight excluding hydrogens is 326 g/mol. The van der Waals surface area contributed by atoms with Crippen LogP contribution in [0.2, 0.25) is 0 Å². The molecule has 2 aromatic rings. The van der Waals surface area contributed by atoms with E-state index < -0.39 is 6.10 Å². The van der Waals surface area contributed by atoms with Crippen LogP contribution in [-0.4, -0.2) is 37.2 Å². The van der Waals surface area contributed by atoms with Crippen molar-refractivity contribution in [2.75, 3.05) is 20.2 Å². The van der Waals surface area contributed by atoms with Crippen LogP contribution in [-0.2, 0) is 21.5 Å². The number of benzene rings is 2. The zero-order valence-corrected chi connectivity index (χ0v) is 15.2. The second kappa shape index (κ2) is 7.12. The lowest BCUT2D eigenvalue weighted by atomic mass is 9.67. The van der Waals surface area contributed by atoms with E-state index in [1.165, 1.54) is 18.2 Å². The number of rotatable bonds is 3. The fraction of sp³-hybridized carbons (Fsp3) is 0.409. The number of nitrogens with zero attached hydrogens (tertiary/aromatic N) is 1. The summed E-state index contributed by atoms with van der Waals surface area (Å²) in [5.41, 5.74) is 2.60. The Bertz CT molecular complexity index is 766. The highest BCUT2D eigenvalue weighted by Gasteiger charge is 2.45. The van der Waals surface area contributed by atoms with Gasteiger partial charge in [0.2, 0.25) is 0 Å². The number of piperidine rings is 1. The minimum absolute atomic E-state index is 0.000881. The smallest absolute Gasteiger partial charge is 0.347 e. The first-order valence-corrected chi connectivity index (χ1v) is 9.30. The standard InChI is InChI=1S/C22H25NO3/c1-25-21(24)20-15-22(18-9-5-6-10-19(18)26-20)11-13-23(14-12-22)16-17-7-3-2-4-8-17/h2-10,20H,11-16H2,1H3. The van der Waals surface area contributed by atoms with E-state index in [0.717, 1.165) is 38.2 Å². The van der Waals surface area contributed by atoms with Crippen molar-refractivity contribution in [2.24, 2.45) is 0 Å². The van der Waals surface area contributed by atoms with Crippen molar-refractivity contribution in [3.63, 3.8) is 0 Å². The maximum absolute atomic E-state index is 12.2. The first-order valence-electron chi connectivity index (χ1n) is 9.30. The topological polar surface area (TPSA) is 38.8 Å². The third-order valence-electron chi connectivity index (χ3n) is 5.83.